The molecule has 3 rings (SSSR count). The van der Waals surface area contributed by atoms with Crippen LogP contribution in [0.4, 0.5) is 5.82 Å². The Kier molecular flexibility index (Phi) is 5.27. The molecule has 8 heteroatoms. The zero-order valence-corrected chi connectivity index (χ0v) is 13.6. The molecule has 0 unspecified atom stereocenters. The van der Waals surface area contributed by atoms with Crippen molar-refractivity contribution in [2.45, 2.75) is 6.42 Å². The van der Waals surface area contributed by atoms with E-state index in [4.69, 9.17) is 4.74 Å². The first-order valence-electron chi connectivity index (χ1n) is 7.87. The van der Waals surface area contributed by atoms with E-state index in [2.05, 4.69) is 25.3 Å². The number of anilines is 1. The Labute approximate surface area is 140 Å². The van der Waals surface area contributed by atoms with Crippen molar-refractivity contribution < 1.29 is 9.53 Å². The van der Waals surface area contributed by atoms with Gasteiger partial charge in [0.1, 0.15) is 12.1 Å². The number of amides is 1. The minimum absolute atomic E-state index is 0.0669. The lowest BCUT2D eigenvalue weighted by atomic mass is 10.0. The molecule has 0 saturated carbocycles. The van der Waals surface area contributed by atoms with Crippen LogP contribution >= 0.6 is 0 Å². The van der Waals surface area contributed by atoms with Crippen LogP contribution in [0.2, 0.25) is 0 Å². The topological polar surface area (TPSA) is 93.1 Å². The molecule has 0 spiro atoms. The maximum atomic E-state index is 12.6. The number of aromatic nitrogens is 4. The van der Waals surface area contributed by atoms with E-state index in [1.165, 1.54) is 18.7 Å². The van der Waals surface area contributed by atoms with Crippen LogP contribution < -0.4 is 5.32 Å². The van der Waals surface area contributed by atoms with Crippen molar-refractivity contribution in [3.8, 4) is 0 Å². The van der Waals surface area contributed by atoms with Gasteiger partial charge in [0.2, 0.25) is 0 Å². The maximum Gasteiger partial charge on any atom is 0.257 e. The Bertz CT molecular complexity index is 664. The molecule has 1 aliphatic heterocycles. The lowest BCUT2D eigenvalue weighted by Crippen LogP contribution is -2.36. The highest BCUT2D eigenvalue weighted by molar-refractivity contribution is 5.93. The van der Waals surface area contributed by atoms with Gasteiger partial charge in [0.15, 0.2) is 0 Å². The SMILES string of the molecule is CNc1cnc(C[C@H]2COCCN(C(=O)c3cncnc3)C2)cn1. The Balaban J connectivity index is 1.66. The summed E-state index contributed by atoms with van der Waals surface area (Å²) in [6.07, 6.45) is 8.67. The van der Waals surface area contributed by atoms with E-state index in [0.29, 0.717) is 38.3 Å². The van der Waals surface area contributed by atoms with Gasteiger partial charge in [0.25, 0.3) is 5.91 Å². The zero-order chi connectivity index (χ0) is 16.8. The van der Waals surface area contributed by atoms with Crippen molar-refractivity contribution >= 4 is 11.7 Å². The summed E-state index contributed by atoms with van der Waals surface area (Å²) in [6.45, 7) is 2.31. The quantitative estimate of drug-likeness (QED) is 0.880. The summed E-state index contributed by atoms with van der Waals surface area (Å²) in [7, 11) is 1.81. The van der Waals surface area contributed by atoms with Crippen LogP contribution in [0, 0.1) is 5.92 Å². The molecule has 0 aromatic carbocycles. The maximum absolute atomic E-state index is 12.6. The van der Waals surface area contributed by atoms with Gasteiger partial charge >= 0.3 is 0 Å². The summed E-state index contributed by atoms with van der Waals surface area (Å²) < 4.78 is 5.65. The van der Waals surface area contributed by atoms with Crippen LogP contribution in [0.25, 0.3) is 0 Å². The minimum Gasteiger partial charge on any atom is -0.379 e. The third-order valence-corrected chi connectivity index (χ3v) is 3.89. The Hall–Kier alpha value is -2.61. The average Bonchev–Trinajstić information content (AvgIpc) is 2.88. The Morgan fingerprint density at radius 1 is 1.29 bits per heavy atom. The molecule has 1 aliphatic rings. The van der Waals surface area contributed by atoms with Crippen molar-refractivity contribution in [2.24, 2.45) is 5.92 Å². The van der Waals surface area contributed by atoms with Gasteiger partial charge in [-0.1, -0.05) is 0 Å². The summed E-state index contributed by atoms with van der Waals surface area (Å²) in [6, 6.07) is 0. The molecular formula is C16H20N6O2. The third-order valence-electron chi connectivity index (χ3n) is 3.89. The molecule has 24 heavy (non-hydrogen) atoms. The summed E-state index contributed by atoms with van der Waals surface area (Å²) in [4.78, 5) is 30.9. The fourth-order valence-corrected chi connectivity index (χ4v) is 2.67. The van der Waals surface area contributed by atoms with Crippen LogP contribution in [-0.4, -0.2) is 64.1 Å². The molecule has 1 fully saturated rings. The number of carbonyl (C=O) groups excluding carboxylic acids is 1. The molecule has 1 amide bonds. The van der Waals surface area contributed by atoms with Crippen molar-refractivity contribution in [1.29, 1.82) is 0 Å². The summed E-state index contributed by atoms with van der Waals surface area (Å²) in [5.41, 5.74) is 1.39. The number of ether oxygens (including phenoxy) is 1. The number of hydrogen-bond donors (Lipinski definition) is 1. The van der Waals surface area contributed by atoms with Crippen LogP contribution in [-0.2, 0) is 11.2 Å². The van der Waals surface area contributed by atoms with E-state index in [9.17, 15) is 4.79 Å². The molecule has 3 heterocycles. The highest BCUT2D eigenvalue weighted by atomic mass is 16.5. The van der Waals surface area contributed by atoms with Crippen molar-refractivity contribution in [3.63, 3.8) is 0 Å². The van der Waals surface area contributed by atoms with Gasteiger partial charge in [-0.25, -0.2) is 15.0 Å². The van der Waals surface area contributed by atoms with Crippen LogP contribution in [0.15, 0.2) is 31.1 Å². The van der Waals surface area contributed by atoms with Crippen molar-refractivity contribution in [2.75, 3.05) is 38.7 Å². The second-order valence-electron chi connectivity index (χ2n) is 5.67. The van der Waals surface area contributed by atoms with Gasteiger partial charge in [-0.2, -0.15) is 0 Å². The van der Waals surface area contributed by atoms with Gasteiger partial charge in [-0.15, -0.1) is 0 Å². The summed E-state index contributed by atoms with van der Waals surface area (Å²) in [5.74, 6) is 0.843. The van der Waals surface area contributed by atoms with E-state index < -0.39 is 0 Å². The molecule has 2 aromatic heterocycles. The minimum atomic E-state index is -0.0669. The van der Waals surface area contributed by atoms with E-state index in [-0.39, 0.29) is 11.8 Å². The van der Waals surface area contributed by atoms with Gasteiger partial charge < -0.3 is 15.0 Å². The van der Waals surface area contributed by atoms with E-state index >= 15 is 0 Å². The van der Waals surface area contributed by atoms with Crippen LogP contribution in [0.5, 0.6) is 0 Å². The fraction of sp³-hybridized carbons (Fsp3) is 0.438. The first-order valence-corrected chi connectivity index (χ1v) is 7.87. The lowest BCUT2D eigenvalue weighted by Gasteiger charge is -2.23. The second-order valence-corrected chi connectivity index (χ2v) is 5.67. The van der Waals surface area contributed by atoms with Crippen LogP contribution in [0.1, 0.15) is 16.1 Å². The first kappa shape index (κ1) is 16.3. The number of nitrogens with one attached hydrogen (secondary N) is 1. The lowest BCUT2D eigenvalue weighted by molar-refractivity contribution is 0.0736. The van der Waals surface area contributed by atoms with E-state index in [1.807, 2.05) is 0 Å². The molecule has 0 aliphatic carbocycles. The molecule has 0 bridgehead atoms. The highest BCUT2D eigenvalue weighted by Crippen LogP contribution is 2.15. The predicted molar refractivity (Wildman–Crippen MR) is 87.5 cm³/mol. The fourth-order valence-electron chi connectivity index (χ4n) is 2.67. The molecule has 1 N–H and O–H groups in total. The highest BCUT2D eigenvalue weighted by Gasteiger charge is 2.24. The Morgan fingerprint density at radius 3 is 2.83 bits per heavy atom. The summed E-state index contributed by atoms with van der Waals surface area (Å²) in [5, 5.41) is 2.94. The molecule has 1 atom stereocenters. The molecule has 8 nitrogen and oxygen atoms in total. The van der Waals surface area contributed by atoms with Crippen molar-refractivity contribution in [1.82, 2.24) is 24.8 Å². The van der Waals surface area contributed by atoms with Crippen LogP contribution in [0.3, 0.4) is 0 Å². The standard InChI is InChI=1S/C16H20N6O2/c1-17-15-8-20-14(7-21-15)4-12-9-22(2-3-24-10-12)16(23)13-5-18-11-19-6-13/h5-8,11-12H,2-4,9-10H2,1H3,(H,17,21)/t12-/m1/s1. The zero-order valence-electron chi connectivity index (χ0n) is 13.6. The van der Waals surface area contributed by atoms with Crippen molar-refractivity contribution in [3.05, 3.63) is 42.4 Å². The molecule has 0 radical (unpaired) electrons. The van der Waals surface area contributed by atoms with E-state index in [0.717, 1.165) is 11.5 Å². The largest absolute Gasteiger partial charge is 0.379 e. The molecule has 1 saturated heterocycles. The Morgan fingerprint density at radius 2 is 2.12 bits per heavy atom. The summed E-state index contributed by atoms with van der Waals surface area (Å²) >= 11 is 0. The average molecular weight is 328 g/mol. The normalized spacial score (nSPS) is 18.0. The smallest absolute Gasteiger partial charge is 0.257 e. The van der Waals surface area contributed by atoms with Gasteiger partial charge in [0, 0.05) is 38.4 Å². The van der Waals surface area contributed by atoms with E-state index in [1.54, 1.807) is 24.3 Å². The number of rotatable bonds is 4. The third kappa shape index (κ3) is 4.02. The number of hydrogen-bond acceptors (Lipinski definition) is 7. The van der Waals surface area contributed by atoms with Gasteiger partial charge in [-0.05, 0) is 6.42 Å². The number of carbonyl (C=O) groups is 1. The molecule has 2 aromatic rings. The molecule has 126 valence electrons. The molecular weight excluding hydrogens is 308 g/mol. The van der Waals surface area contributed by atoms with Gasteiger partial charge in [0.05, 0.1) is 36.9 Å². The predicted octanol–water partition coefficient (Wildman–Crippen LogP) is 0.640. The number of nitrogens with zero attached hydrogens (tertiary/aromatic N) is 5. The monoisotopic (exact) mass is 328 g/mol. The van der Waals surface area contributed by atoms with Gasteiger partial charge in [-0.3, -0.25) is 9.78 Å². The first-order chi connectivity index (χ1) is 11.8. The second kappa shape index (κ2) is 7.78.